The van der Waals surface area contributed by atoms with Crippen molar-refractivity contribution in [1.82, 2.24) is 4.98 Å². The van der Waals surface area contributed by atoms with Gasteiger partial charge in [-0.15, -0.1) is 46.8 Å². The molecule has 0 spiro atoms. The Hall–Kier alpha value is -3.73. The number of benzene rings is 4. The van der Waals surface area contributed by atoms with Gasteiger partial charge in [-0.1, -0.05) is 78.7 Å². The van der Waals surface area contributed by atoms with Crippen LogP contribution in [0.4, 0.5) is 11.4 Å². The first-order chi connectivity index (χ1) is 19.5. The molecule has 1 heterocycles. The molecule has 0 saturated heterocycles. The fraction of sp³-hybridized carbons (Fsp3) is 0.0938. The molecule has 4 aromatic carbocycles. The van der Waals surface area contributed by atoms with E-state index in [0.29, 0.717) is 0 Å². The maximum atomic E-state index is 12.6. The minimum Gasteiger partial charge on any atom is -0.574 e. The number of sulfonamides is 2. The van der Waals surface area contributed by atoms with E-state index in [1.54, 1.807) is 42.6 Å². The van der Waals surface area contributed by atoms with Crippen LogP contribution in [0.1, 0.15) is 16.7 Å². The molecule has 0 atom stereocenters. The van der Waals surface area contributed by atoms with E-state index in [0.717, 1.165) is 22.4 Å². The summed E-state index contributed by atoms with van der Waals surface area (Å²) in [7, 11) is -8.02. The van der Waals surface area contributed by atoms with E-state index >= 15 is 0 Å². The maximum Gasteiger partial charge on any atom is 3.00 e. The van der Waals surface area contributed by atoms with Crippen LogP contribution in [0.2, 0.25) is 0 Å². The summed E-state index contributed by atoms with van der Waals surface area (Å²) in [4.78, 5) is 4.29. The van der Waals surface area contributed by atoms with Crippen LogP contribution in [-0.4, -0.2) is 21.8 Å². The Morgan fingerprint density at radius 2 is 1.02 bits per heavy atom. The molecule has 0 unspecified atom stereocenters. The summed E-state index contributed by atoms with van der Waals surface area (Å²) in [6.07, 6.45) is 1.79. The third kappa shape index (κ3) is 8.88. The molecule has 0 N–H and O–H groups in total. The van der Waals surface area contributed by atoms with Crippen LogP contribution in [0, 0.1) is 26.8 Å². The number of rotatable bonds is 7. The first-order valence-electron chi connectivity index (χ1n) is 12.6. The third-order valence-corrected chi connectivity index (χ3v) is 8.48. The zero-order chi connectivity index (χ0) is 29.5. The van der Waals surface area contributed by atoms with Crippen LogP contribution >= 0.6 is 0 Å². The predicted molar refractivity (Wildman–Crippen MR) is 162 cm³/mol. The molecule has 42 heavy (non-hydrogen) atoms. The van der Waals surface area contributed by atoms with E-state index in [4.69, 9.17) is 0 Å². The summed E-state index contributed by atoms with van der Waals surface area (Å²) in [6.45, 7) is 5.74. The van der Waals surface area contributed by atoms with Crippen molar-refractivity contribution < 1.29 is 39.2 Å². The van der Waals surface area contributed by atoms with Gasteiger partial charge >= 0.3 is 22.4 Å². The van der Waals surface area contributed by atoms with Gasteiger partial charge in [0.05, 0.1) is 9.79 Å². The van der Waals surface area contributed by atoms with Gasteiger partial charge in [0.1, 0.15) is 20.0 Å². The Balaban J connectivity index is 0.000000289. The van der Waals surface area contributed by atoms with E-state index < -0.39 is 20.0 Å². The molecule has 5 rings (SSSR count). The molecule has 0 fully saturated rings. The predicted octanol–water partition coefficient (Wildman–Crippen LogP) is 7.95. The van der Waals surface area contributed by atoms with Crippen LogP contribution in [-0.2, 0) is 42.4 Å². The second-order valence-corrected chi connectivity index (χ2v) is 12.5. The van der Waals surface area contributed by atoms with Crippen molar-refractivity contribution in [2.24, 2.45) is 0 Å². The summed E-state index contributed by atoms with van der Waals surface area (Å²) in [5.74, 6) is 0. The summed E-state index contributed by atoms with van der Waals surface area (Å²) in [6, 6.07) is 33.6. The van der Waals surface area contributed by atoms with E-state index in [1.807, 2.05) is 44.2 Å². The Bertz CT molecular complexity index is 1720. The van der Waals surface area contributed by atoms with Crippen LogP contribution < -0.4 is 0 Å². The smallest absolute Gasteiger partial charge is 0.574 e. The SMILES string of the molecule is Cc1c[c-]c(-c2ccccn2)cc1.Cc1ccc(S(=O)(=O)[N-]c2ccccc2[N-]S(=O)(=O)c2ccc(C)cc2)cc1.[Au+3]. The molecule has 0 aliphatic carbocycles. The molecule has 10 heteroatoms. The minimum absolute atomic E-state index is 0. The van der Waals surface area contributed by atoms with Gasteiger partial charge in [-0.25, -0.2) is 16.8 Å². The molecule has 218 valence electrons. The van der Waals surface area contributed by atoms with Crippen LogP contribution in [0.15, 0.2) is 125 Å². The van der Waals surface area contributed by atoms with E-state index in [-0.39, 0.29) is 43.5 Å². The average Bonchev–Trinajstić information content (AvgIpc) is 2.96. The largest absolute Gasteiger partial charge is 3.00 e. The fourth-order valence-electron chi connectivity index (χ4n) is 3.59. The van der Waals surface area contributed by atoms with Crippen molar-refractivity contribution in [3.05, 3.63) is 148 Å². The van der Waals surface area contributed by atoms with Crippen molar-refractivity contribution >= 4 is 31.4 Å². The van der Waals surface area contributed by atoms with E-state index in [2.05, 4.69) is 33.5 Å². The molecule has 7 nitrogen and oxygen atoms in total. The molecule has 0 aliphatic heterocycles. The van der Waals surface area contributed by atoms with Crippen molar-refractivity contribution in [3.8, 4) is 11.3 Å². The summed E-state index contributed by atoms with van der Waals surface area (Å²) in [5.41, 5.74) is 4.99. The van der Waals surface area contributed by atoms with Gasteiger partial charge in [-0.05, 0) is 49.9 Å². The van der Waals surface area contributed by atoms with Crippen molar-refractivity contribution in [2.75, 3.05) is 0 Å². The van der Waals surface area contributed by atoms with Gasteiger partial charge in [0.15, 0.2) is 0 Å². The normalized spacial score (nSPS) is 10.9. The molecule has 0 bridgehead atoms. The van der Waals surface area contributed by atoms with Crippen LogP contribution in [0.5, 0.6) is 0 Å². The average molecular weight is 780 g/mol. The standard InChI is InChI=1S/C20H18N2O4S2.C12H10N.Au/c1-15-7-11-17(12-8-15)27(23,24)21-19-5-3-4-6-20(19)22-28(25,26)18-13-9-16(2)10-14-18;1-10-5-7-11(8-6-10)12-4-2-3-9-13-12;/h3-14H,1-2H3;2-7,9H,1H3;/q-2;-1;+3. The third-order valence-electron chi connectivity index (χ3n) is 5.87. The van der Waals surface area contributed by atoms with Gasteiger partial charge in [0.25, 0.3) is 0 Å². The number of hydrogen-bond acceptors (Lipinski definition) is 5. The fourth-order valence-corrected chi connectivity index (χ4v) is 5.58. The van der Waals surface area contributed by atoms with E-state index in [1.165, 1.54) is 42.0 Å². The zero-order valence-electron chi connectivity index (χ0n) is 23.1. The Morgan fingerprint density at radius 3 is 1.43 bits per heavy atom. The van der Waals surface area contributed by atoms with Crippen molar-refractivity contribution in [3.63, 3.8) is 0 Å². The Labute approximate surface area is 263 Å². The number of aromatic nitrogens is 1. The molecule has 0 aliphatic rings. The van der Waals surface area contributed by atoms with Crippen molar-refractivity contribution in [1.29, 1.82) is 0 Å². The van der Waals surface area contributed by atoms with Gasteiger partial charge in [0.2, 0.25) is 0 Å². The molecule has 0 saturated carbocycles. The molecular formula is C32H28AuN3O4S2. The number of aryl methyl sites for hydroxylation is 3. The van der Waals surface area contributed by atoms with Crippen LogP contribution in [0.3, 0.4) is 0 Å². The zero-order valence-corrected chi connectivity index (χ0v) is 26.9. The maximum absolute atomic E-state index is 12.6. The first kappa shape index (κ1) is 32.8. The second-order valence-electron chi connectivity index (χ2n) is 9.24. The number of pyridine rings is 1. The minimum atomic E-state index is -4.01. The van der Waals surface area contributed by atoms with Gasteiger partial charge in [-0.2, -0.15) is 0 Å². The molecule has 0 radical (unpaired) electrons. The monoisotopic (exact) mass is 779 g/mol. The Kier molecular flexibility index (Phi) is 11.3. The molecule has 1 aromatic heterocycles. The number of hydrogen-bond donors (Lipinski definition) is 0. The Morgan fingerprint density at radius 1 is 0.571 bits per heavy atom. The van der Waals surface area contributed by atoms with Crippen molar-refractivity contribution in [2.45, 2.75) is 30.6 Å². The van der Waals surface area contributed by atoms with Gasteiger partial charge in [-0.3, -0.25) is 0 Å². The number of nitrogens with zero attached hydrogens (tertiary/aromatic N) is 3. The molecular weight excluding hydrogens is 751 g/mol. The first-order valence-corrected chi connectivity index (χ1v) is 15.5. The molecule has 0 amide bonds. The van der Waals surface area contributed by atoms with Crippen LogP contribution in [0.25, 0.3) is 20.7 Å². The molecule has 5 aromatic rings. The quantitative estimate of drug-likeness (QED) is 0.123. The van der Waals surface area contributed by atoms with Gasteiger partial charge in [0, 0.05) is 6.20 Å². The summed E-state index contributed by atoms with van der Waals surface area (Å²) >= 11 is 0. The van der Waals surface area contributed by atoms with Gasteiger partial charge < -0.3 is 14.4 Å². The second kappa shape index (κ2) is 14.4. The topological polar surface area (TPSA) is 109 Å². The summed E-state index contributed by atoms with van der Waals surface area (Å²) in [5, 5.41) is 0. The van der Waals surface area contributed by atoms with E-state index in [9.17, 15) is 16.8 Å². The summed E-state index contributed by atoms with van der Waals surface area (Å²) < 4.78 is 57.9.